The van der Waals surface area contributed by atoms with Gasteiger partial charge in [0.1, 0.15) is 12.6 Å². The number of carboxylic acids is 1. The maximum absolute atomic E-state index is 12.8. The lowest BCUT2D eigenvalue weighted by molar-refractivity contribution is -0.889. The lowest BCUT2D eigenvalue weighted by atomic mass is 10.1. The molecule has 8 heteroatoms. The van der Waals surface area contributed by atoms with Gasteiger partial charge in [-0.2, -0.15) is 0 Å². The molecular weight excluding hydrogens is 751 g/mol. The number of carbonyl (C=O) groups is 3. The van der Waals surface area contributed by atoms with Crippen molar-refractivity contribution < 1.29 is 38.2 Å². The van der Waals surface area contributed by atoms with E-state index in [9.17, 15) is 19.5 Å². The molecule has 0 rings (SSSR count). The van der Waals surface area contributed by atoms with Crippen LogP contribution in [-0.4, -0.2) is 75.5 Å². The molecule has 0 N–H and O–H groups in total. The van der Waals surface area contributed by atoms with Crippen molar-refractivity contribution in [2.75, 3.05) is 41.0 Å². The first-order valence-electron chi connectivity index (χ1n) is 23.6. The summed E-state index contributed by atoms with van der Waals surface area (Å²) in [5.41, 5.74) is 0. The largest absolute Gasteiger partial charge is 0.544 e. The lowest BCUT2D eigenvalue weighted by Crippen LogP contribution is -2.55. The second-order valence-corrected chi connectivity index (χ2v) is 16.6. The third-order valence-corrected chi connectivity index (χ3v) is 10.0. The molecule has 0 aromatic heterocycles. The van der Waals surface area contributed by atoms with Gasteiger partial charge in [0.2, 0.25) is 0 Å². The molecule has 0 saturated carbocycles. The summed E-state index contributed by atoms with van der Waals surface area (Å²) in [6, 6.07) is -0.735. The van der Waals surface area contributed by atoms with Crippen LogP contribution in [0.4, 0.5) is 0 Å². The number of likely N-dealkylation sites (N-methyl/N-ethyl adjacent to an activating group) is 1. The Morgan fingerprint density at radius 1 is 0.500 bits per heavy atom. The Labute approximate surface area is 367 Å². The van der Waals surface area contributed by atoms with Gasteiger partial charge in [-0.3, -0.25) is 9.59 Å². The van der Waals surface area contributed by atoms with E-state index in [2.05, 4.69) is 98.9 Å². The van der Waals surface area contributed by atoms with Crippen molar-refractivity contribution in [3.05, 3.63) is 85.1 Å². The highest BCUT2D eigenvalue weighted by Gasteiger charge is 2.25. The van der Waals surface area contributed by atoms with Crippen LogP contribution in [0.5, 0.6) is 0 Å². The normalized spacial score (nSPS) is 13.7. The van der Waals surface area contributed by atoms with Crippen molar-refractivity contribution in [2.24, 2.45) is 0 Å². The number of esters is 2. The van der Waals surface area contributed by atoms with E-state index in [-0.39, 0.29) is 42.7 Å². The number of allylic oxidation sites excluding steroid dienone is 14. The molecule has 0 spiro atoms. The summed E-state index contributed by atoms with van der Waals surface area (Å²) in [5.74, 6) is -1.77. The third-order valence-electron chi connectivity index (χ3n) is 10.0. The number of hydrogen-bond donors (Lipinski definition) is 0. The summed E-state index contributed by atoms with van der Waals surface area (Å²) >= 11 is 0. The molecule has 0 fully saturated rings. The highest BCUT2D eigenvalue weighted by molar-refractivity contribution is 5.70. The van der Waals surface area contributed by atoms with E-state index < -0.39 is 18.1 Å². The molecule has 2 unspecified atom stereocenters. The highest BCUT2D eigenvalue weighted by atomic mass is 16.6. The Kier molecular flexibility index (Phi) is 39.8. The van der Waals surface area contributed by atoms with Crippen LogP contribution in [0.25, 0.3) is 0 Å². The molecule has 0 aliphatic rings. The Hall–Kier alpha value is -3.49. The third kappa shape index (κ3) is 39.9. The SMILES string of the molecule is CC/C=C\C/C=C\C/C=C\C/C=C\CCCCCCCCC(=O)OC(COCCC(C(=O)[O-])[N+](C)(C)C)COC(=O)CCCCCCCCC/C=C\C/C=C\C/C=C\CC. The van der Waals surface area contributed by atoms with Crippen molar-refractivity contribution in [2.45, 2.75) is 187 Å². The number of unbranched alkanes of at least 4 members (excludes halogenated alkanes) is 13. The van der Waals surface area contributed by atoms with Crippen molar-refractivity contribution in [3.63, 3.8) is 0 Å². The molecule has 0 aliphatic carbocycles. The van der Waals surface area contributed by atoms with Crippen molar-refractivity contribution in [3.8, 4) is 0 Å². The summed E-state index contributed by atoms with van der Waals surface area (Å²) in [5, 5.41) is 11.6. The topological polar surface area (TPSA) is 102 Å². The number of quaternary nitrogens is 1. The predicted octanol–water partition coefficient (Wildman–Crippen LogP) is 12.0. The van der Waals surface area contributed by atoms with Gasteiger partial charge in [0, 0.05) is 19.3 Å². The summed E-state index contributed by atoms with van der Waals surface area (Å²) in [7, 11) is 5.39. The van der Waals surface area contributed by atoms with Crippen LogP contribution < -0.4 is 5.11 Å². The first-order chi connectivity index (χ1) is 29.1. The van der Waals surface area contributed by atoms with Gasteiger partial charge in [0.05, 0.1) is 40.3 Å². The first kappa shape index (κ1) is 56.5. The van der Waals surface area contributed by atoms with E-state index in [1.54, 1.807) is 21.1 Å². The molecule has 0 aromatic carbocycles. The zero-order valence-corrected chi connectivity index (χ0v) is 38.8. The minimum Gasteiger partial charge on any atom is -0.544 e. The van der Waals surface area contributed by atoms with Gasteiger partial charge in [0.25, 0.3) is 0 Å². The molecule has 342 valence electrons. The van der Waals surface area contributed by atoms with Crippen molar-refractivity contribution >= 4 is 17.9 Å². The average molecular weight is 838 g/mol. The summed E-state index contributed by atoms with van der Waals surface area (Å²) in [6.07, 6.45) is 54.6. The van der Waals surface area contributed by atoms with Crippen LogP contribution in [-0.2, 0) is 28.6 Å². The van der Waals surface area contributed by atoms with Crippen molar-refractivity contribution in [1.29, 1.82) is 0 Å². The quantitative estimate of drug-likeness (QED) is 0.0261. The first-order valence-corrected chi connectivity index (χ1v) is 23.6. The maximum atomic E-state index is 12.8. The molecule has 8 nitrogen and oxygen atoms in total. The number of rotatable bonds is 41. The minimum absolute atomic E-state index is 0.0268. The van der Waals surface area contributed by atoms with E-state index in [4.69, 9.17) is 14.2 Å². The van der Waals surface area contributed by atoms with Gasteiger partial charge in [-0.25, -0.2) is 0 Å². The fraction of sp³-hybridized carbons (Fsp3) is 0.673. The standard InChI is InChI=1S/C52H87NO7/c1-6-8-10-12-14-16-18-20-22-24-25-27-29-31-33-35-37-39-41-43-51(55)60-48(46-58-45-44-49(52(56)57)53(3,4)5)47-59-50(54)42-40-38-36-34-32-30-28-26-23-21-19-17-15-13-11-9-7-2/h8-11,14-17,20-23,25,27,48-49H,6-7,12-13,18-19,24,26,28-47H2,1-5H3/b10-8-,11-9-,16-14-,17-15-,22-20-,23-21-,27-25-. The average Bonchev–Trinajstić information content (AvgIpc) is 3.21. The summed E-state index contributed by atoms with van der Waals surface area (Å²) in [6.45, 7) is 4.40. The predicted molar refractivity (Wildman–Crippen MR) is 249 cm³/mol. The number of carbonyl (C=O) groups excluding carboxylic acids is 3. The monoisotopic (exact) mass is 838 g/mol. The van der Waals surface area contributed by atoms with E-state index in [0.29, 0.717) is 12.8 Å². The van der Waals surface area contributed by atoms with Gasteiger partial charge < -0.3 is 28.6 Å². The van der Waals surface area contributed by atoms with Crippen LogP contribution in [0, 0.1) is 0 Å². The van der Waals surface area contributed by atoms with Crippen LogP contribution >= 0.6 is 0 Å². The molecule has 0 amide bonds. The molecule has 0 saturated heterocycles. The second kappa shape index (κ2) is 42.2. The number of carboxylic acid groups (broad SMARTS) is 1. The van der Waals surface area contributed by atoms with Crippen LogP contribution in [0.1, 0.15) is 174 Å². The number of ether oxygens (including phenoxy) is 3. The Morgan fingerprint density at radius 2 is 0.883 bits per heavy atom. The van der Waals surface area contributed by atoms with Gasteiger partial charge in [-0.1, -0.05) is 157 Å². The van der Waals surface area contributed by atoms with Crippen molar-refractivity contribution in [1.82, 2.24) is 0 Å². The molecule has 0 aliphatic heterocycles. The Morgan fingerprint density at radius 3 is 1.30 bits per heavy atom. The Balaban J connectivity index is 4.36. The molecular formula is C52H87NO7. The summed E-state index contributed by atoms with van der Waals surface area (Å²) < 4.78 is 17.2. The number of hydrogen-bond acceptors (Lipinski definition) is 7. The molecule has 0 aromatic rings. The van der Waals surface area contributed by atoms with Gasteiger partial charge in [-0.15, -0.1) is 0 Å². The molecule has 0 radical (unpaired) electrons. The van der Waals surface area contributed by atoms with E-state index in [1.807, 2.05) is 0 Å². The lowest BCUT2D eigenvalue weighted by Gasteiger charge is -2.34. The molecule has 0 bridgehead atoms. The summed E-state index contributed by atoms with van der Waals surface area (Å²) in [4.78, 5) is 37.0. The van der Waals surface area contributed by atoms with Crippen LogP contribution in [0.2, 0.25) is 0 Å². The van der Waals surface area contributed by atoms with E-state index >= 15 is 0 Å². The van der Waals surface area contributed by atoms with Gasteiger partial charge in [-0.05, 0) is 83.5 Å². The van der Waals surface area contributed by atoms with Gasteiger partial charge >= 0.3 is 11.9 Å². The highest BCUT2D eigenvalue weighted by Crippen LogP contribution is 2.13. The molecule has 60 heavy (non-hydrogen) atoms. The number of nitrogens with zero attached hydrogens (tertiary/aromatic N) is 1. The van der Waals surface area contributed by atoms with Gasteiger partial charge in [0.15, 0.2) is 6.10 Å². The second-order valence-electron chi connectivity index (χ2n) is 16.6. The van der Waals surface area contributed by atoms with E-state index in [0.717, 1.165) is 103 Å². The fourth-order valence-electron chi connectivity index (χ4n) is 6.43. The maximum Gasteiger partial charge on any atom is 0.306 e. The van der Waals surface area contributed by atoms with Crippen LogP contribution in [0.3, 0.4) is 0 Å². The number of aliphatic carboxylic acids is 1. The zero-order chi connectivity index (χ0) is 44.2. The van der Waals surface area contributed by atoms with E-state index in [1.165, 1.54) is 38.5 Å². The molecule has 0 heterocycles. The molecule has 2 atom stereocenters. The fourth-order valence-corrected chi connectivity index (χ4v) is 6.43. The minimum atomic E-state index is -1.13. The Bertz CT molecular complexity index is 1250. The van der Waals surface area contributed by atoms with Crippen LogP contribution in [0.15, 0.2) is 85.1 Å². The smallest absolute Gasteiger partial charge is 0.306 e. The zero-order valence-electron chi connectivity index (χ0n) is 38.8.